The maximum Gasteiger partial charge on any atom is 0.262 e. The molecule has 1 heterocycles. The number of aryl methyl sites for hydroxylation is 1. The normalized spacial score (nSPS) is 15.1. The Balaban J connectivity index is 1.69. The van der Waals surface area contributed by atoms with Crippen LogP contribution in [0.3, 0.4) is 0 Å². The maximum atomic E-state index is 12.9. The highest BCUT2D eigenvalue weighted by Crippen LogP contribution is 2.25. The van der Waals surface area contributed by atoms with Crippen molar-refractivity contribution in [3.63, 3.8) is 0 Å². The Bertz CT molecular complexity index is 987. The smallest absolute Gasteiger partial charge is 0.262 e. The van der Waals surface area contributed by atoms with E-state index in [0.717, 1.165) is 0 Å². The summed E-state index contributed by atoms with van der Waals surface area (Å²) in [5.74, 6) is -0.0863. The lowest BCUT2D eigenvalue weighted by atomic mass is 10.2. The summed E-state index contributed by atoms with van der Waals surface area (Å²) in [5.41, 5.74) is 0.958. The van der Waals surface area contributed by atoms with Gasteiger partial charge in [-0.3, -0.25) is 4.79 Å². The number of halogens is 2. The van der Waals surface area contributed by atoms with Crippen LogP contribution in [0.25, 0.3) is 0 Å². The standard InChI is InChI=1S/C19H20Cl2N2O5S/c1-13-2-3-16(11-18(13)29(25,26)23-4-6-27-7-5-23)22-19(24)12-28-17-9-14(20)8-15(21)10-17/h2-3,8-11H,4-7,12H2,1H3,(H,22,24). The molecule has 1 aliphatic rings. The molecule has 0 unspecified atom stereocenters. The van der Waals surface area contributed by atoms with Crippen molar-refractivity contribution in [3.8, 4) is 5.75 Å². The van der Waals surface area contributed by atoms with Crippen molar-refractivity contribution in [1.82, 2.24) is 4.31 Å². The molecule has 1 aliphatic heterocycles. The fourth-order valence-corrected chi connectivity index (χ4v) is 5.00. The SMILES string of the molecule is Cc1ccc(NC(=O)COc2cc(Cl)cc(Cl)c2)cc1S(=O)(=O)N1CCOCC1. The van der Waals surface area contributed by atoms with E-state index in [9.17, 15) is 13.2 Å². The highest BCUT2D eigenvalue weighted by Gasteiger charge is 2.28. The number of sulfonamides is 1. The predicted molar refractivity (Wildman–Crippen MR) is 111 cm³/mol. The van der Waals surface area contributed by atoms with Gasteiger partial charge in [0.05, 0.1) is 18.1 Å². The molecule has 1 N–H and O–H groups in total. The number of ether oxygens (including phenoxy) is 2. The molecule has 3 rings (SSSR count). The third-order valence-electron chi connectivity index (χ3n) is 4.27. The zero-order valence-electron chi connectivity index (χ0n) is 15.7. The number of morpholine rings is 1. The molecule has 7 nitrogen and oxygen atoms in total. The van der Waals surface area contributed by atoms with Crippen molar-refractivity contribution < 1.29 is 22.7 Å². The molecular weight excluding hydrogens is 439 g/mol. The molecule has 0 aliphatic carbocycles. The monoisotopic (exact) mass is 458 g/mol. The average Bonchev–Trinajstić information content (AvgIpc) is 2.68. The lowest BCUT2D eigenvalue weighted by Crippen LogP contribution is -2.40. The Kier molecular flexibility index (Phi) is 7.02. The van der Waals surface area contributed by atoms with Crippen LogP contribution in [-0.4, -0.2) is 51.5 Å². The third-order valence-corrected chi connectivity index (χ3v) is 6.74. The van der Waals surface area contributed by atoms with Gasteiger partial charge < -0.3 is 14.8 Å². The van der Waals surface area contributed by atoms with E-state index in [-0.39, 0.29) is 11.5 Å². The van der Waals surface area contributed by atoms with Crippen LogP contribution in [0, 0.1) is 6.92 Å². The van der Waals surface area contributed by atoms with Crippen LogP contribution in [0.15, 0.2) is 41.3 Å². The molecule has 29 heavy (non-hydrogen) atoms. The third kappa shape index (κ3) is 5.61. The molecule has 2 aromatic rings. The summed E-state index contributed by atoms with van der Waals surface area (Å²) in [6, 6.07) is 9.38. The lowest BCUT2D eigenvalue weighted by molar-refractivity contribution is -0.118. The predicted octanol–water partition coefficient (Wildman–Crippen LogP) is 3.34. The largest absolute Gasteiger partial charge is 0.484 e. The second-order valence-corrected chi connectivity index (χ2v) is 9.22. The molecule has 1 saturated heterocycles. The molecule has 0 atom stereocenters. The van der Waals surface area contributed by atoms with Crippen LogP contribution in [-0.2, 0) is 19.6 Å². The number of hydrogen-bond acceptors (Lipinski definition) is 5. The molecule has 0 saturated carbocycles. The van der Waals surface area contributed by atoms with Crippen molar-refractivity contribution in [2.75, 3.05) is 38.2 Å². The van der Waals surface area contributed by atoms with Crippen molar-refractivity contribution in [2.45, 2.75) is 11.8 Å². The van der Waals surface area contributed by atoms with Crippen molar-refractivity contribution >= 4 is 44.8 Å². The molecule has 10 heteroatoms. The Labute approximate surface area is 179 Å². The van der Waals surface area contributed by atoms with Crippen molar-refractivity contribution in [2.24, 2.45) is 0 Å². The minimum atomic E-state index is -3.67. The van der Waals surface area contributed by atoms with Crippen LogP contribution in [0.1, 0.15) is 5.56 Å². The molecule has 0 bridgehead atoms. The number of nitrogens with zero attached hydrogens (tertiary/aromatic N) is 1. The van der Waals surface area contributed by atoms with Crippen LogP contribution in [0.2, 0.25) is 10.0 Å². The van der Waals surface area contributed by atoms with Gasteiger partial charge in [0.15, 0.2) is 6.61 Å². The first kappa shape index (κ1) is 21.9. The number of benzene rings is 2. The Morgan fingerprint density at radius 3 is 2.45 bits per heavy atom. The summed E-state index contributed by atoms with van der Waals surface area (Å²) in [6.45, 7) is 2.75. The molecule has 0 aromatic heterocycles. The van der Waals surface area contributed by atoms with Gasteiger partial charge >= 0.3 is 0 Å². The second-order valence-electron chi connectivity index (χ2n) is 6.44. The van der Waals surface area contributed by atoms with E-state index >= 15 is 0 Å². The number of rotatable bonds is 6. The summed E-state index contributed by atoms with van der Waals surface area (Å²) in [7, 11) is -3.67. The molecular formula is C19H20Cl2N2O5S. The molecule has 156 valence electrons. The van der Waals surface area contributed by atoms with Gasteiger partial charge in [0.1, 0.15) is 5.75 Å². The minimum absolute atomic E-state index is 0.153. The zero-order chi connectivity index (χ0) is 21.0. The molecule has 0 radical (unpaired) electrons. The molecule has 2 aromatic carbocycles. The van der Waals surface area contributed by atoms with Gasteiger partial charge in [-0.05, 0) is 42.8 Å². The van der Waals surface area contributed by atoms with E-state index in [1.807, 2.05) is 0 Å². The van der Waals surface area contributed by atoms with Gasteiger partial charge in [-0.15, -0.1) is 0 Å². The molecule has 1 fully saturated rings. The Hall–Kier alpha value is -1.84. The highest BCUT2D eigenvalue weighted by atomic mass is 35.5. The van der Waals surface area contributed by atoms with Crippen LogP contribution in [0.5, 0.6) is 5.75 Å². The van der Waals surface area contributed by atoms with E-state index in [1.165, 1.54) is 10.4 Å². The number of amides is 1. The Morgan fingerprint density at radius 1 is 1.14 bits per heavy atom. The first-order valence-electron chi connectivity index (χ1n) is 8.83. The van der Waals surface area contributed by atoms with Gasteiger partial charge in [0.2, 0.25) is 10.0 Å². The average molecular weight is 459 g/mol. The summed E-state index contributed by atoms with van der Waals surface area (Å²) < 4.78 is 37.9. The number of hydrogen-bond donors (Lipinski definition) is 1. The first-order valence-corrected chi connectivity index (χ1v) is 11.0. The summed E-state index contributed by atoms with van der Waals surface area (Å²) >= 11 is 11.8. The number of carbonyl (C=O) groups excluding carboxylic acids is 1. The van der Waals surface area contributed by atoms with Gasteiger partial charge in [-0.2, -0.15) is 4.31 Å². The number of nitrogens with one attached hydrogen (secondary N) is 1. The van der Waals surface area contributed by atoms with Gasteiger partial charge in [-0.25, -0.2) is 8.42 Å². The lowest BCUT2D eigenvalue weighted by Gasteiger charge is -2.26. The van der Waals surface area contributed by atoms with E-state index in [2.05, 4.69) is 5.32 Å². The zero-order valence-corrected chi connectivity index (χ0v) is 18.0. The van der Waals surface area contributed by atoms with E-state index in [0.29, 0.717) is 53.3 Å². The first-order chi connectivity index (χ1) is 13.8. The van der Waals surface area contributed by atoms with Crippen molar-refractivity contribution in [1.29, 1.82) is 0 Å². The number of anilines is 1. The molecule has 1 amide bonds. The maximum absolute atomic E-state index is 12.9. The van der Waals surface area contributed by atoms with Crippen LogP contribution in [0.4, 0.5) is 5.69 Å². The van der Waals surface area contributed by atoms with Crippen LogP contribution < -0.4 is 10.1 Å². The minimum Gasteiger partial charge on any atom is -0.484 e. The van der Waals surface area contributed by atoms with E-state index in [4.69, 9.17) is 32.7 Å². The molecule has 0 spiro atoms. The summed E-state index contributed by atoms with van der Waals surface area (Å²) in [6.07, 6.45) is 0. The quantitative estimate of drug-likeness (QED) is 0.717. The topological polar surface area (TPSA) is 84.9 Å². The van der Waals surface area contributed by atoms with Crippen LogP contribution >= 0.6 is 23.2 Å². The van der Waals surface area contributed by atoms with Gasteiger partial charge in [0, 0.05) is 28.8 Å². The fourth-order valence-electron chi connectivity index (χ4n) is 2.84. The van der Waals surface area contributed by atoms with E-state index in [1.54, 1.807) is 37.3 Å². The van der Waals surface area contributed by atoms with Gasteiger partial charge in [0.25, 0.3) is 5.91 Å². The van der Waals surface area contributed by atoms with Crippen molar-refractivity contribution in [3.05, 3.63) is 52.0 Å². The summed E-state index contributed by atoms with van der Waals surface area (Å²) in [4.78, 5) is 12.4. The van der Waals surface area contributed by atoms with Gasteiger partial charge in [-0.1, -0.05) is 29.3 Å². The van der Waals surface area contributed by atoms with E-state index < -0.39 is 15.9 Å². The summed E-state index contributed by atoms with van der Waals surface area (Å²) in [5, 5.41) is 3.43. The number of carbonyl (C=O) groups is 1. The fraction of sp³-hybridized carbons (Fsp3) is 0.316. The highest BCUT2D eigenvalue weighted by molar-refractivity contribution is 7.89. The second kappa shape index (κ2) is 9.32. The Morgan fingerprint density at radius 2 is 1.79 bits per heavy atom.